The third-order valence-corrected chi connectivity index (χ3v) is 5.44. The van der Waals surface area contributed by atoms with Gasteiger partial charge in [0.25, 0.3) is 0 Å². The highest BCUT2D eigenvalue weighted by Crippen LogP contribution is 2.30. The summed E-state index contributed by atoms with van der Waals surface area (Å²) < 4.78 is 11.0. The molecule has 2 aromatic carbocycles. The summed E-state index contributed by atoms with van der Waals surface area (Å²) >= 11 is 6.18. The Kier molecular flexibility index (Phi) is 5.55. The molecule has 1 fully saturated rings. The SMILES string of the molecule is COc1ccccc1-c1cc(CN2CCN(c3cc(Cl)ccc3C)CC2)on1. The topological polar surface area (TPSA) is 41.7 Å². The smallest absolute Gasteiger partial charge is 0.151 e. The number of aromatic nitrogens is 1. The molecule has 5 nitrogen and oxygen atoms in total. The van der Waals surface area contributed by atoms with Crippen molar-refractivity contribution < 1.29 is 9.26 Å². The van der Waals surface area contributed by atoms with E-state index in [0.717, 1.165) is 60.5 Å². The van der Waals surface area contributed by atoms with Gasteiger partial charge < -0.3 is 14.2 Å². The number of hydrogen-bond donors (Lipinski definition) is 0. The van der Waals surface area contributed by atoms with Gasteiger partial charge in [0.1, 0.15) is 11.4 Å². The molecule has 0 radical (unpaired) electrons. The van der Waals surface area contributed by atoms with Gasteiger partial charge in [0.15, 0.2) is 5.76 Å². The van der Waals surface area contributed by atoms with Gasteiger partial charge in [0.05, 0.1) is 13.7 Å². The first-order chi connectivity index (χ1) is 13.6. The van der Waals surface area contributed by atoms with Crippen LogP contribution >= 0.6 is 11.6 Å². The fourth-order valence-corrected chi connectivity index (χ4v) is 3.83. The molecule has 3 aromatic rings. The summed E-state index contributed by atoms with van der Waals surface area (Å²) in [6.07, 6.45) is 0. The standard InChI is InChI=1S/C22H24ClN3O2/c1-16-7-8-17(23)13-21(16)26-11-9-25(10-12-26)15-18-14-20(24-28-18)19-5-3-4-6-22(19)27-2/h3-8,13-14H,9-12,15H2,1-2H3. The Morgan fingerprint density at radius 2 is 1.86 bits per heavy atom. The van der Waals surface area contributed by atoms with Crippen LogP contribution in [0.25, 0.3) is 11.3 Å². The Balaban J connectivity index is 1.39. The minimum atomic E-state index is 0.754. The van der Waals surface area contributed by atoms with Gasteiger partial charge in [-0.2, -0.15) is 0 Å². The summed E-state index contributed by atoms with van der Waals surface area (Å²) in [6, 6.07) is 15.9. The van der Waals surface area contributed by atoms with Crippen molar-refractivity contribution in [3.8, 4) is 17.0 Å². The van der Waals surface area contributed by atoms with E-state index in [-0.39, 0.29) is 0 Å². The van der Waals surface area contributed by atoms with E-state index in [1.807, 2.05) is 36.4 Å². The quantitative estimate of drug-likeness (QED) is 0.627. The highest BCUT2D eigenvalue weighted by Gasteiger charge is 2.20. The summed E-state index contributed by atoms with van der Waals surface area (Å²) in [6.45, 7) is 6.76. The Morgan fingerprint density at radius 3 is 2.64 bits per heavy atom. The molecule has 2 heterocycles. The van der Waals surface area contributed by atoms with Crippen LogP contribution in [0.1, 0.15) is 11.3 Å². The molecule has 0 atom stereocenters. The molecule has 28 heavy (non-hydrogen) atoms. The molecule has 0 N–H and O–H groups in total. The van der Waals surface area contributed by atoms with Gasteiger partial charge in [0, 0.05) is 48.5 Å². The third-order valence-electron chi connectivity index (χ3n) is 5.21. The van der Waals surface area contributed by atoms with Gasteiger partial charge in [0.2, 0.25) is 0 Å². The highest BCUT2D eigenvalue weighted by atomic mass is 35.5. The molecule has 0 unspecified atom stereocenters. The lowest BCUT2D eigenvalue weighted by atomic mass is 10.1. The number of benzene rings is 2. The Labute approximate surface area is 170 Å². The zero-order chi connectivity index (χ0) is 19.5. The van der Waals surface area contributed by atoms with E-state index < -0.39 is 0 Å². The van der Waals surface area contributed by atoms with Gasteiger partial charge in [-0.05, 0) is 36.8 Å². The first kappa shape index (κ1) is 18.8. The van der Waals surface area contributed by atoms with Crippen molar-refractivity contribution in [2.24, 2.45) is 0 Å². The lowest BCUT2D eigenvalue weighted by Crippen LogP contribution is -2.46. The lowest BCUT2D eigenvalue weighted by molar-refractivity contribution is 0.220. The number of rotatable bonds is 5. The van der Waals surface area contributed by atoms with Crippen LogP contribution in [0.2, 0.25) is 5.02 Å². The molecule has 1 aliphatic rings. The summed E-state index contributed by atoms with van der Waals surface area (Å²) in [7, 11) is 1.67. The molecule has 6 heteroatoms. The predicted molar refractivity (Wildman–Crippen MR) is 112 cm³/mol. The third kappa shape index (κ3) is 4.01. The van der Waals surface area contributed by atoms with Gasteiger partial charge >= 0.3 is 0 Å². The normalized spacial score (nSPS) is 15.0. The number of para-hydroxylation sites is 1. The van der Waals surface area contributed by atoms with E-state index in [2.05, 4.69) is 34.0 Å². The van der Waals surface area contributed by atoms with Gasteiger partial charge in [-0.25, -0.2) is 0 Å². The number of hydrogen-bond acceptors (Lipinski definition) is 5. The molecule has 1 aliphatic heterocycles. The average Bonchev–Trinajstić information content (AvgIpc) is 3.19. The molecular formula is C22H24ClN3O2. The molecule has 0 bridgehead atoms. The van der Waals surface area contributed by atoms with Crippen LogP contribution in [0.5, 0.6) is 5.75 Å². The van der Waals surface area contributed by atoms with Crippen LogP contribution in [-0.2, 0) is 6.54 Å². The van der Waals surface area contributed by atoms with Crippen molar-refractivity contribution in [2.45, 2.75) is 13.5 Å². The molecular weight excluding hydrogens is 374 g/mol. The van der Waals surface area contributed by atoms with E-state index in [4.69, 9.17) is 20.9 Å². The minimum Gasteiger partial charge on any atom is -0.496 e. The fraction of sp³-hybridized carbons (Fsp3) is 0.318. The molecule has 4 rings (SSSR count). The highest BCUT2D eigenvalue weighted by molar-refractivity contribution is 6.30. The molecule has 0 saturated carbocycles. The largest absolute Gasteiger partial charge is 0.496 e. The number of anilines is 1. The molecule has 1 aromatic heterocycles. The maximum Gasteiger partial charge on any atom is 0.151 e. The monoisotopic (exact) mass is 397 g/mol. The van der Waals surface area contributed by atoms with Gasteiger partial charge in [-0.3, -0.25) is 4.90 Å². The average molecular weight is 398 g/mol. The fourth-order valence-electron chi connectivity index (χ4n) is 3.66. The number of methoxy groups -OCH3 is 1. The van der Waals surface area contributed by atoms with E-state index in [1.165, 1.54) is 11.3 Å². The number of halogens is 1. The first-order valence-corrected chi connectivity index (χ1v) is 9.84. The number of aryl methyl sites for hydroxylation is 1. The summed E-state index contributed by atoms with van der Waals surface area (Å²) in [5.41, 5.74) is 4.24. The molecule has 0 amide bonds. The zero-order valence-electron chi connectivity index (χ0n) is 16.2. The molecule has 0 aliphatic carbocycles. The molecule has 1 saturated heterocycles. The summed E-state index contributed by atoms with van der Waals surface area (Å²) in [5, 5.41) is 5.02. The van der Waals surface area contributed by atoms with E-state index in [9.17, 15) is 0 Å². The Hall–Kier alpha value is -2.50. The number of piperazine rings is 1. The van der Waals surface area contributed by atoms with Crippen molar-refractivity contribution in [1.82, 2.24) is 10.1 Å². The van der Waals surface area contributed by atoms with Crippen LogP contribution in [0.4, 0.5) is 5.69 Å². The van der Waals surface area contributed by atoms with E-state index in [0.29, 0.717) is 0 Å². The van der Waals surface area contributed by atoms with Crippen LogP contribution in [0.15, 0.2) is 53.1 Å². The van der Waals surface area contributed by atoms with E-state index >= 15 is 0 Å². The Bertz CT molecular complexity index is 948. The van der Waals surface area contributed by atoms with Crippen molar-refractivity contribution in [1.29, 1.82) is 0 Å². The zero-order valence-corrected chi connectivity index (χ0v) is 16.9. The van der Waals surface area contributed by atoms with Gasteiger partial charge in [-0.1, -0.05) is 35.0 Å². The number of ether oxygens (including phenoxy) is 1. The molecule has 146 valence electrons. The maximum absolute atomic E-state index is 6.18. The predicted octanol–water partition coefficient (Wildman–Crippen LogP) is 4.63. The first-order valence-electron chi connectivity index (χ1n) is 9.46. The van der Waals surface area contributed by atoms with Crippen LogP contribution in [0, 0.1) is 6.92 Å². The Morgan fingerprint density at radius 1 is 1.07 bits per heavy atom. The van der Waals surface area contributed by atoms with Crippen molar-refractivity contribution in [2.75, 3.05) is 38.2 Å². The second-order valence-electron chi connectivity index (χ2n) is 7.07. The molecule has 0 spiro atoms. The van der Waals surface area contributed by atoms with Crippen LogP contribution < -0.4 is 9.64 Å². The second kappa shape index (κ2) is 8.25. The van der Waals surface area contributed by atoms with Crippen LogP contribution in [0.3, 0.4) is 0 Å². The second-order valence-corrected chi connectivity index (χ2v) is 7.51. The van der Waals surface area contributed by atoms with Gasteiger partial charge in [-0.15, -0.1) is 0 Å². The van der Waals surface area contributed by atoms with Crippen molar-refractivity contribution in [3.63, 3.8) is 0 Å². The minimum absolute atomic E-state index is 0.754. The summed E-state index contributed by atoms with van der Waals surface area (Å²) in [4.78, 5) is 4.79. The van der Waals surface area contributed by atoms with E-state index in [1.54, 1.807) is 7.11 Å². The van der Waals surface area contributed by atoms with Crippen molar-refractivity contribution >= 4 is 17.3 Å². The maximum atomic E-state index is 6.18. The van der Waals surface area contributed by atoms with Crippen molar-refractivity contribution in [3.05, 3.63) is 64.9 Å². The summed E-state index contributed by atoms with van der Waals surface area (Å²) in [5.74, 6) is 1.67. The van der Waals surface area contributed by atoms with Crippen LogP contribution in [-0.4, -0.2) is 43.3 Å². The lowest BCUT2D eigenvalue weighted by Gasteiger charge is -2.36. The number of nitrogens with zero attached hydrogens (tertiary/aromatic N) is 3.